The maximum absolute atomic E-state index is 12.4. The third-order valence-electron chi connectivity index (χ3n) is 7.88. The Labute approximate surface area is 223 Å². The number of ether oxygens (including phenoxy) is 1. The van der Waals surface area contributed by atoms with Crippen LogP contribution in [-0.4, -0.2) is 58.0 Å². The number of nitrogens with zero attached hydrogens (tertiary/aromatic N) is 1. The van der Waals surface area contributed by atoms with Crippen LogP contribution in [0.2, 0.25) is 0 Å². The number of aliphatic carboxylic acids is 1. The van der Waals surface area contributed by atoms with Crippen molar-refractivity contribution in [1.29, 1.82) is 0 Å². The summed E-state index contributed by atoms with van der Waals surface area (Å²) >= 11 is 1.91. The summed E-state index contributed by atoms with van der Waals surface area (Å²) in [5, 5.41) is 9.34. The maximum Gasteiger partial charge on any atom is 0.313 e. The molecule has 4 atom stereocenters. The summed E-state index contributed by atoms with van der Waals surface area (Å²) in [5.41, 5.74) is 0. The summed E-state index contributed by atoms with van der Waals surface area (Å²) in [6.45, 7) is 5.68. The number of esters is 1. The molecule has 0 aromatic rings. The topological polar surface area (TPSA) is 83.9 Å². The molecule has 208 valence electrons. The van der Waals surface area contributed by atoms with E-state index in [2.05, 4.69) is 13.8 Å². The Kier molecular flexibility index (Phi) is 15.6. The molecular weight excluding hydrogens is 474 g/mol. The molecule has 7 heteroatoms. The van der Waals surface area contributed by atoms with Crippen LogP contribution < -0.4 is 0 Å². The second-order valence-corrected chi connectivity index (χ2v) is 12.2. The Hall–Kier alpha value is -1.24. The molecule has 1 unspecified atom stereocenters. The summed E-state index contributed by atoms with van der Waals surface area (Å²) in [6.07, 6.45) is 18.8. The van der Waals surface area contributed by atoms with Crippen LogP contribution >= 0.6 is 11.8 Å². The Balaban J connectivity index is 1.87. The average Bonchev–Trinajstić information content (AvgIpc) is 2.86. The molecule has 0 aromatic heterocycles. The minimum absolute atomic E-state index is 0.00777. The lowest BCUT2D eigenvalue weighted by Crippen LogP contribution is -2.49. The molecule has 2 rings (SSSR count). The van der Waals surface area contributed by atoms with E-state index in [9.17, 15) is 14.4 Å². The van der Waals surface area contributed by atoms with Crippen molar-refractivity contribution in [2.24, 2.45) is 11.8 Å². The van der Waals surface area contributed by atoms with E-state index in [1.165, 1.54) is 77.0 Å². The molecule has 0 aliphatic carbocycles. The van der Waals surface area contributed by atoms with Crippen LogP contribution in [0.4, 0.5) is 0 Å². The Morgan fingerprint density at radius 3 is 2.19 bits per heavy atom. The molecule has 2 saturated heterocycles. The van der Waals surface area contributed by atoms with Crippen molar-refractivity contribution in [1.82, 2.24) is 4.90 Å². The van der Waals surface area contributed by atoms with Crippen LogP contribution in [0, 0.1) is 11.8 Å². The van der Waals surface area contributed by atoms with E-state index < -0.39 is 12.4 Å². The van der Waals surface area contributed by atoms with Crippen LogP contribution in [0.25, 0.3) is 0 Å². The number of carbonyl (C=O) groups excluding carboxylic acids is 2. The molecule has 0 bridgehead atoms. The Morgan fingerprint density at radius 1 is 0.972 bits per heavy atom. The first-order chi connectivity index (χ1) is 17.5. The van der Waals surface area contributed by atoms with E-state index in [0.717, 1.165) is 31.4 Å². The van der Waals surface area contributed by atoms with Crippen LogP contribution in [0.3, 0.4) is 0 Å². The minimum Gasteiger partial charge on any atom is -0.481 e. The van der Waals surface area contributed by atoms with Gasteiger partial charge in [0.05, 0.1) is 5.92 Å². The van der Waals surface area contributed by atoms with E-state index in [4.69, 9.17) is 9.84 Å². The fourth-order valence-corrected chi connectivity index (χ4v) is 7.04. The fourth-order valence-electron chi connectivity index (χ4n) is 5.60. The normalized spacial score (nSPS) is 22.7. The van der Waals surface area contributed by atoms with E-state index in [1.54, 1.807) is 4.90 Å². The molecule has 2 fully saturated rings. The first-order valence-electron chi connectivity index (χ1n) is 14.8. The molecule has 1 N–H and O–H groups in total. The van der Waals surface area contributed by atoms with E-state index in [-0.39, 0.29) is 29.1 Å². The van der Waals surface area contributed by atoms with E-state index >= 15 is 0 Å². The van der Waals surface area contributed by atoms with Gasteiger partial charge in [-0.1, -0.05) is 97.3 Å². The van der Waals surface area contributed by atoms with Crippen molar-refractivity contribution in [3.8, 4) is 0 Å². The van der Waals surface area contributed by atoms with Gasteiger partial charge in [0.25, 0.3) is 0 Å². The van der Waals surface area contributed by atoms with Gasteiger partial charge in [0, 0.05) is 24.1 Å². The number of hydrogen-bond acceptors (Lipinski definition) is 5. The van der Waals surface area contributed by atoms with Gasteiger partial charge in [0.15, 0.2) is 0 Å². The first-order valence-corrected chi connectivity index (χ1v) is 15.8. The van der Waals surface area contributed by atoms with E-state index in [1.807, 2.05) is 11.8 Å². The number of cyclic esters (lactones) is 1. The number of amides is 1. The summed E-state index contributed by atoms with van der Waals surface area (Å²) in [4.78, 5) is 37.4. The van der Waals surface area contributed by atoms with Crippen molar-refractivity contribution in [3.05, 3.63) is 0 Å². The minimum atomic E-state index is -1.06. The molecule has 36 heavy (non-hydrogen) atoms. The smallest absolute Gasteiger partial charge is 0.313 e. The average molecular weight is 526 g/mol. The number of carbonyl (C=O) groups is 3. The largest absolute Gasteiger partial charge is 0.481 e. The Bertz CT molecular complexity index is 658. The summed E-state index contributed by atoms with van der Waals surface area (Å²) in [6, 6.07) is 0. The number of hydrogen-bond donors (Lipinski definition) is 1. The lowest BCUT2D eigenvalue weighted by molar-refractivity contribution is -0.187. The van der Waals surface area contributed by atoms with Gasteiger partial charge in [0.1, 0.15) is 12.5 Å². The fraction of sp³-hybridized carbons (Fsp3) is 0.897. The number of unbranched alkanes of at least 4 members (excludes halogenated alkanes) is 11. The number of carboxylic acid groups (broad SMARTS) is 1. The number of thioether (sulfide) groups is 1. The SMILES string of the molecule is CCCCCCCCCCCC(C[C@@H]1OC(=O)[C@H]1CCCCCC)[C@H]1CN(C(=O)CC(=O)O)CCS1. The predicted octanol–water partition coefficient (Wildman–Crippen LogP) is 6.84. The van der Waals surface area contributed by atoms with Crippen LogP contribution in [0.15, 0.2) is 0 Å². The van der Waals surface area contributed by atoms with Gasteiger partial charge >= 0.3 is 11.9 Å². The molecular formula is C29H51NO5S. The summed E-state index contributed by atoms with van der Waals surface area (Å²) in [7, 11) is 0. The molecule has 2 heterocycles. The maximum atomic E-state index is 12.4. The van der Waals surface area contributed by atoms with Crippen LogP contribution in [0.1, 0.15) is 123 Å². The van der Waals surface area contributed by atoms with Gasteiger partial charge in [-0.15, -0.1) is 0 Å². The van der Waals surface area contributed by atoms with Crippen molar-refractivity contribution < 1.29 is 24.2 Å². The van der Waals surface area contributed by atoms with Gasteiger partial charge in [-0.25, -0.2) is 0 Å². The van der Waals surface area contributed by atoms with Crippen molar-refractivity contribution in [2.75, 3.05) is 18.8 Å². The molecule has 0 saturated carbocycles. The standard InChI is InChI=1S/C29H51NO5S/c1-3-5-7-9-10-11-12-13-14-16-23(20-25-24(29(34)35-25)17-15-8-6-4-2)26-22-30(18-19-36-26)27(31)21-28(32)33/h23-26H,3-22H2,1-2H3,(H,32,33)/t23?,24-,25-,26+/m0/s1. The van der Waals surface area contributed by atoms with Crippen LogP contribution in [0.5, 0.6) is 0 Å². The third kappa shape index (κ3) is 11.4. The highest BCUT2D eigenvalue weighted by Crippen LogP contribution is 2.38. The summed E-state index contributed by atoms with van der Waals surface area (Å²) in [5.74, 6) is -0.114. The second-order valence-electron chi connectivity index (χ2n) is 10.9. The van der Waals surface area contributed by atoms with Crippen molar-refractivity contribution in [3.63, 3.8) is 0 Å². The van der Waals surface area contributed by atoms with Crippen LogP contribution in [-0.2, 0) is 19.1 Å². The lowest BCUT2D eigenvalue weighted by atomic mass is 9.82. The predicted molar refractivity (Wildman–Crippen MR) is 147 cm³/mol. The van der Waals surface area contributed by atoms with Gasteiger partial charge in [0.2, 0.25) is 5.91 Å². The Morgan fingerprint density at radius 2 is 1.58 bits per heavy atom. The number of rotatable bonds is 20. The van der Waals surface area contributed by atoms with Gasteiger partial charge in [-0.2, -0.15) is 11.8 Å². The zero-order valence-electron chi connectivity index (χ0n) is 22.9. The number of carboxylic acids is 1. The molecule has 0 radical (unpaired) electrons. The highest BCUT2D eigenvalue weighted by Gasteiger charge is 2.44. The molecule has 0 aromatic carbocycles. The summed E-state index contributed by atoms with van der Waals surface area (Å²) < 4.78 is 5.64. The molecule has 2 aliphatic rings. The molecule has 6 nitrogen and oxygen atoms in total. The van der Waals surface area contributed by atoms with Gasteiger partial charge < -0.3 is 14.7 Å². The molecule has 1 amide bonds. The molecule has 0 spiro atoms. The molecule has 2 aliphatic heterocycles. The first kappa shape index (κ1) is 31.0. The lowest BCUT2D eigenvalue weighted by Gasteiger charge is -2.41. The van der Waals surface area contributed by atoms with Crippen molar-refractivity contribution in [2.45, 2.75) is 134 Å². The van der Waals surface area contributed by atoms with Crippen molar-refractivity contribution >= 4 is 29.6 Å². The third-order valence-corrected chi connectivity index (χ3v) is 9.26. The highest BCUT2D eigenvalue weighted by molar-refractivity contribution is 8.00. The quantitative estimate of drug-likeness (QED) is 0.106. The van der Waals surface area contributed by atoms with Gasteiger partial charge in [-0.05, 0) is 25.2 Å². The van der Waals surface area contributed by atoms with E-state index in [0.29, 0.717) is 19.0 Å². The zero-order valence-corrected chi connectivity index (χ0v) is 23.7. The highest BCUT2D eigenvalue weighted by atomic mass is 32.2. The second kappa shape index (κ2) is 18.1. The zero-order chi connectivity index (χ0) is 26.2. The monoisotopic (exact) mass is 525 g/mol. The van der Waals surface area contributed by atoms with Gasteiger partial charge in [-0.3, -0.25) is 14.4 Å².